The molecule has 1 aliphatic carbocycles. The van der Waals surface area contributed by atoms with E-state index in [1.807, 2.05) is 6.20 Å². The fourth-order valence-electron chi connectivity index (χ4n) is 4.76. The molecule has 1 saturated heterocycles. The van der Waals surface area contributed by atoms with E-state index in [4.69, 9.17) is 4.98 Å². The van der Waals surface area contributed by atoms with Crippen molar-refractivity contribution in [1.82, 2.24) is 9.55 Å². The van der Waals surface area contributed by atoms with Gasteiger partial charge >= 0.3 is 0 Å². The van der Waals surface area contributed by atoms with E-state index in [0.29, 0.717) is 5.92 Å². The second kappa shape index (κ2) is 6.70. The van der Waals surface area contributed by atoms with Gasteiger partial charge in [0.2, 0.25) is 0 Å². The van der Waals surface area contributed by atoms with Crippen LogP contribution in [0.25, 0.3) is 10.9 Å². The molecular formula is C24H29N3. The second-order valence-electron chi connectivity index (χ2n) is 8.49. The summed E-state index contributed by atoms with van der Waals surface area (Å²) in [4.78, 5) is 7.45. The predicted octanol–water partition coefficient (Wildman–Crippen LogP) is 5.45. The van der Waals surface area contributed by atoms with Crippen molar-refractivity contribution in [2.24, 2.45) is 5.92 Å². The second-order valence-corrected chi connectivity index (χ2v) is 8.49. The Morgan fingerprint density at radius 1 is 1.04 bits per heavy atom. The van der Waals surface area contributed by atoms with Gasteiger partial charge in [0.15, 0.2) is 5.82 Å². The third-order valence-corrected chi connectivity index (χ3v) is 6.66. The summed E-state index contributed by atoms with van der Waals surface area (Å²) >= 11 is 0. The lowest BCUT2D eigenvalue weighted by Crippen LogP contribution is -2.35. The van der Waals surface area contributed by atoms with Gasteiger partial charge in [0.1, 0.15) is 0 Å². The standard InChI is InChI=1S/C24H29N3/c1-17-18(2)27(15-19-10-11-19)23-22(17)12-13-25-24(23)26-14-6-9-21(16-26)20-7-4-3-5-8-20/h3-5,7-8,12-13,19,21H,6,9-11,14-16H2,1-2H3. The molecule has 2 fully saturated rings. The Morgan fingerprint density at radius 2 is 1.85 bits per heavy atom. The maximum absolute atomic E-state index is 4.91. The Labute approximate surface area is 162 Å². The lowest BCUT2D eigenvalue weighted by Gasteiger charge is -2.34. The molecule has 2 aromatic heterocycles. The molecule has 0 bridgehead atoms. The lowest BCUT2D eigenvalue weighted by molar-refractivity contribution is 0.507. The first kappa shape index (κ1) is 16.9. The monoisotopic (exact) mass is 359 g/mol. The van der Waals surface area contributed by atoms with Crippen LogP contribution in [0.15, 0.2) is 42.6 Å². The number of hydrogen-bond acceptors (Lipinski definition) is 2. The van der Waals surface area contributed by atoms with Crippen molar-refractivity contribution in [3.63, 3.8) is 0 Å². The number of fused-ring (bicyclic) bond motifs is 1. The normalized spacial score (nSPS) is 20.4. The average Bonchev–Trinajstić information content (AvgIpc) is 3.51. The molecule has 0 amide bonds. The van der Waals surface area contributed by atoms with Gasteiger partial charge in [-0.15, -0.1) is 0 Å². The molecule has 1 aliphatic heterocycles. The third kappa shape index (κ3) is 3.03. The highest BCUT2D eigenvalue weighted by Crippen LogP contribution is 2.38. The van der Waals surface area contributed by atoms with E-state index in [1.165, 1.54) is 59.2 Å². The molecule has 1 atom stereocenters. The van der Waals surface area contributed by atoms with E-state index in [1.54, 1.807) is 0 Å². The minimum absolute atomic E-state index is 0.603. The zero-order valence-electron chi connectivity index (χ0n) is 16.5. The fourth-order valence-corrected chi connectivity index (χ4v) is 4.76. The van der Waals surface area contributed by atoms with Crippen molar-refractivity contribution in [1.29, 1.82) is 0 Å². The highest BCUT2D eigenvalue weighted by atomic mass is 15.2. The van der Waals surface area contributed by atoms with Gasteiger partial charge in [0.05, 0.1) is 5.52 Å². The average molecular weight is 360 g/mol. The first-order valence-electron chi connectivity index (χ1n) is 10.5. The minimum atomic E-state index is 0.603. The van der Waals surface area contributed by atoms with E-state index in [2.05, 4.69) is 59.7 Å². The van der Waals surface area contributed by atoms with Crippen LogP contribution in [0.1, 0.15) is 48.4 Å². The molecule has 1 saturated carbocycles. The molecule has 0 spiro atoms. The molecule has 27 heavy (non-hydrogen) atoms. The predicted molar refractivity (Wildman–Crippen MR) is 113 cm³/mol. The minimum Gasteiger partial charge on any atom is -0.354 e. The quantitative estimate of drug-likeness (QED) is 0.618. The number of piperidine rings is 1. The van der Waals surface area contributed by atoms with Gasteiger partial charge in [0, 0.05) is 42.8 Å². The summed E-state index contributed by atoms with van der Waals surface area (Å²) in [5, 5.41) is 1.39. The molecule has 3 heteroatoms. The first-order chi connectivity index (χ1) is 13.2. The summed E-state index contributed by atoms with van der Waals surface area (Å²) in [6.45, 7) is 7.90. The van der Waals surface area contributed by atoms with Crippen molar-refractivity contribution in [2.45, 2.75) is 52.0 Å². The van der Waals surface area contributed by atoms with Crippen LogP contribution in [0.5, 0.6) is 0 Å². The SMILES string of the molecule is Cc1c(C)n(CC2CC2)c2c(N3CCCC(c4ccccc4)C3)nccc12. The zero-order valence-corrected chi connectivity index (χ0v) is 16.5. The number of anilines is 1. The number of aromatic nitrogens is 2. The van der Waals surface area contributed by atoms with Crippen LogP contribution in [-0.2, 0) is 6.54 Å². The summed E-state index contributed by atoms with van der Waals surface area (Å²) in [6.07, 6.45) is 7.29. The largest absolute Gasteiger partial charge is 0.354 e. The maximum Gasteiger partial charge on any atom is 0.153 e. The van der Waals surface area contributed by atoms with Crippen LogP contribution in [-0.4, -0.2) is 22.6 Å². The number of rotatable bonds is 4. The fraction of sp³-hybridized carbons (Fsp3) is 0.458. The molecular weight excluding hydrogens is 330 g/mol. The molecule has 0 N–H and O–H groups in total. The van der Waals surface area contributed by atoms with Gasteiger partial charge in [-0.3, -0.25) is 0 Å². The number of hydrogen-bond donors (Lipinski definition) is 0. The Bertz CT molecular complexity index is 953. The molecule has 2 aliphatic rings. The van der Waals surface area contributed by atoms with Gasteiger partial charge in [-0.05, 0) is 62.6 Å². The van der Waals surface area contributed by atoms with Crippen LogP contribution < -0.4 is 4.90 Å². The van der Waals surface area contributed by atoms with Gasteiger partial charge in [-0.1, -0.05) is 30.3 Å². The van der Waals surface area contributed by atoms with Crippen LogP contribution in [0, 0.1) is 19.8 Å². The van der Waals surface area contributed by atoms with E-state index >= 15 is 0 Å². The van der Waals surface area contributed by atoms with Gasteiger partial charge in [0.25, 0.3) is 0 Å². The topological polar surface area (TPSA) is 21.1 Å². The molecule has 1 aromatic carbocycles. The smallest absolute Gasteiger partial charge is 0.153 e. The van der Waals surface area contributed by atoms with Gasteiger partial charge in [-0.2, -0.15) is 0 Å². The molecule has 140 valence electrons. The van der Waals surface area contributed by atoms with Crippen LogP contribution in [0.3, 0.4) is 0 Å². The molecule has 1 unspecified atom stereocenters. The number of nitrogens with zero attached hydrogens (tertiary/aromatic N) is 3. The number of aryl methyl sites for hydroxylation is 1. The van der Waals surface area contributed by atoms with Crippen LogP contribution in [0.2, 0.25) is 0 Å². The van der Waals surface area contributed by atoms with Crippen molar-refractivity contribution in [3.8, 4) is 0 Å². The summed E-state index contributed by atoms with van der Waals surface area (Å²) in [6, 6.07) is 13.2. The Kier molecular flexibility index (Phi) is 4.18. The van der Waals surface area contributed by atoms with E-state index in [-0.39, 0.29) is 0 Å². The Hall–Kier alpha value is -2.29. The van der Waals surface area contributed by atoms with Crippen molar-refractivity contribution in [2.75, 3.05) is 18.0 Å². The zero-order chi connectivity index (χ0) is 18.4. The molecule has 5 rings (SSSR count). The maximum atomic E-state index is 4.91. The Morgan fingerprint density at radius 3 is 2.63 bits per heavy atom. The summed E-state index contributed by atoms with van der Waals surface area (Å²) in [5.41, 5.74) is 5.68. The lowest BCUT2D eigenvalue weighted by atomic mass is 9.90. The molecule has 0 radical (unpaired) electrons. The summed E-state index contributed by atoms with van der Waals surface area (Å²) < 4.78 is 2.57. The highest BCUT2D eigenvalue weighted by molar-refractivity contribution is 5.93. The summed E-state index contributed by atoms with van der Waals surface area (Å²) in [5.74, 6) is 2.67. The van der Waals surface area contributed by atoms with Gasteiger partial charge < -0.3 is 9.47 Å². The van der Waals surface area contributed by atoms with Crippen LogP contribution in [0.4, 0.5) is 5.82 Å². The van der Waals surface area contributed by atoms with Crippen LogP contribution >= 0.6 is 0 Å². The summed E-state index contributed by atoms with van der Waals surface area (Å²) in [7, 11) is 0. The van der Waals surface area contributed by atoms with Gasteiger partial charge in [-0.25, -0.2) is 4.98 Å². The third-order valence-electron chi connectivity index (χ3n) is 6.66. The molecule has 3 aromatic rings. The highest BCUT2D eigenvalue weighted by Gasteiger charge is 2.28. The molecule has 3 heterocycles. The number of pyridine rings is 1. The van der Waals surface area contributed by atoms with E-state index in [0.717, 1.165) is 25.6 Å². The van der Waals surface area contributed by atoms with Crippen molar-refractivity contribution >= 4 is 16.7 Å². The van der Waals surface area contributed by atoms with Crippen molar-refractivity contribution < 1.29 is 0 Å². The van der Waals surface area contributed by atoms with Crippen molar-refractivity contribution in [3.05, 3.63) is 59.4 Å². The first-order valence-corrected chi connectivity index (χ1v) is 10.5. The van der Waals surface area contributed by atoms with E-state index in [9.17, 15) is 0 Å². The van der Waals surface area contributed by atoms with E-state index < -0.39 is 0 Å². The Balaban J connectivity index is 1.55. The molecule has 3 nitrogen and oxygen atoms in total. The number of benzene rings is 1.